The highest BCUT2D eigenvalue weighted by atomic mass is 16.4. The molecule has 7 atom stereocenters. The molecule has 5 amide bonds. The van der Waals surface area contributed by atoms with E-state index in [1.54, 1.807) is 0 Å². The summed E-state index contributed by atoms with van der Waals surface area (Å²) in [7, 11) is 0. The number of likely N-dealkylation sites (tertiary alicyclic amines) is 3. The highest BCUT2D eigenvalue weighted by Crippen LogP contribution is 2.26. The number of carboxylic acids is 2. The first-order valence-electron chi connectivity index (χ1n) is 14.6. The lowest BCUT2D eigenvalue weighted by Crippen LogP contribution is -2.60. The number of aliphatic hydroxyl groups is 1. The second kappa shape index (κ2) is 14.6. The van der Waals surface area contributed by atoms with Gasteiger partial charge in [-0.3, -0.25) is 28.8 Å². The molecule has 3 aliphatic heterocycles. The predicted molar refractivity (Wildman–Crippen MR) is 148 cm³/mol. The summed E-state index contributed by atoms with van der Waals surface area (Å²) in [6.07, 6.45) is 0.728. The van der Waals surface area contributed by atoms with Gasteiger partial charge in [0.2, 0.25) is 29.5 Å². The molecule has 0 radical (unpaired) electrons. The number of nitrogens with one attached hydrogen (secondary N) is 2. The van der Waals surface area contributed by atoms with Gasteiger partial charge in [0.25, 0.3) is 0 Å². The number of aliphatic carboxylic acids is 2. The van der Waals surface area contributed by atoms with Crippen molar-refractivity contribution in [3.05, 3.63) is 0 Å². The Kier molecular flexibility index (Phi) is 11.4. The normalized spacial score (nSPS) is 24.7. The Morgan fingerprint density at radius 1 is 0.791 bits per heavy atom. The Balaban J connectivity index is 1.62. The molecule has 16 heteroatoms. The van der Waals surface area contributed by atoms with E-state index in [1.807, 2.05) is 0 Å². The van der Waals surface area contributed by atoms with Gasteiger partial charge < -0.3 is 46.4 Å². The minimum absolute atomic E-state index is 0.106. The molecular formula is C27H42N6O10. The quantitative estimate of drug-likeness (QED) is 0.136. The lowest BCUT2D eigenvalue weighted by Gasteiger charge is -2.32. The summed E-state index contributed by atoms with van der Waals surface area (Å²) >= 11 is 0. The highest BCUT2D eigenvalue weighted by Gasteiger charge is 2.44. The third-order valence-corrected chi connectivity index (χ3v) is 8.26. The van der Waals surface area contributed by atoms with E-state index in [9.17, 15) is 43.8 Å². The van der Waals surface area contributed by atoms with E-state index >= 15 is 0 Å². The van der Waals surface area contributed by atoms with Gasteiger partial charge in [0.05, 0.1) is 12.1 Å². The van der Waals surface area contributed by atoms with Crippen LogP contribution < -0.4 is 16.4 Å². The Morgan fingerprint density at radius 2 is 1.33 bits per heavy atom. The molecule has 3 aliphatic rings. The number of carboxylic acid groups (broad SMARTS) is 2. The first kappa shape index (κ1) is 33.7. The van der Waals surface area contributed by atoms with Crippen LogP contribution in [0.25, 0.3) is 0 Å². The average Bonchev–Trinajstić information content (AvgIpc) is 3.73. The molecule has 0 aromatic heterocycles. The van der Waals surface area contributed by atoms with Crippen molar-refractivity contribution in [2.24, 2.45) is 5.73 Å². The Morgan fingerprint density at radius 3 is 1.88 bits per heavy atom. The molecular weight excluding hydrogens is 568 g/mol. The lowest BCUT2D eigenvalue weighted by atomic mass is 10.1. The number of nitrogens with zero attached hydrogens (tertiary/aromatic N) is 3. The van der Waals surface area contributed by atoms with Crippen LogP contribution in [0.15, 0.2) is 0 Å². The van der Waals surface area contributed by atoms with Crippen LogP contribution in [-0.4, -0.2) is 133 Å². The topological polar surface area (TPSA) is 240 Å². The maximum Gasteiger partial charge on any atom is 0.326 e. The summed E-state index contributed by atoms with van der Waals surface area (Å²) in [6, 6.07) is -6.50. The van der Waals surface area contributed by atoms with E-state index in [4.69, 9.17) is 10.8 Å². The number of carbonyl (C=O) groups excluding carboxylic acids is 5. The van der Waals surface area contributed by atoms with Crippen LogP contribution in [0, 0.1) is 0 Å². The zero-order valence-corrected chi connectivity index (χ0v) is 24.4. The minimum Gasteiger partial charge on any atom is -0.481 e. The third-order valence-electron chi connectivity index (χ3n) is 8.26. The molecule has 0 aliphatic carbocycles. The SMILES string of the molecule is CC(NC(=O)C(NC(=O)C1CCCN1C(=O)C(N)CCC(=O)O)C(C)O)C(=O)N1CCCC1C(=O)N1CCCC1C(=O)O. The van der Waals surface area contributed by atoms with E-state index in [-0.39, 0.29) is 38.9 Å². The van der Waals surface area contributed by atoms with Crippen molar-refractivity contribution in [2.75, 3.05) is 19.6 Å². The maximum atomic E-state index is 13.3. The summed E-state index contributed by atoms with van der Waals surface area (Å²) < 4.78 is 0. The van der Waals surface area contributed by atoms with Gasteiger partial charge >= 0.3 is 11.9 Å². The zero-order valence-electron chi connectivity index (χ0n) is 24.4. The van der Waals surface area contributed by atoms with Crippen molar-refractivity contribution in [1.29, 1.82) is 0 Å². The molecule has 3 heterocycles. The Labute approximate surface area is 248 Å². The summed E-state index contributed by atoms with van der Waals surface area (Å²) in [6.45, 7) is 3.44. The number of hydrogen-bond acceptors (Lipinski definition) is 9. The van der Waals surface area contributed by atoms with E-state index < -0.39 is 83.8 Å². The molecule has 0 spiro atoms. The largest absolute Gasteiger partial charge is 0.481 e. The summed E-state index contributed by atoms with van der Waals surface area (Å²) in [5, 5.41) is 33.6. The first-order chi connectivity index (χ1) is 20.2. The van der Waals surface area contributed by atoms with Crippen molar-refractivity contribution in [1.82, 2.24) is 25.3 Å². The minimum atomic E-state index is -1.47. The van der Waals surface area contributed by atoms with Crippen LogP contribution >= 0.6 is 0 Å². The van der Waals surface area contributed by atoms with Crippen LogP contribution in [0.2, 0.25) is 0 Å². The highest BCUT2D eigenvalue weighted by molar-refractivity contribution is 5.97. The average molecular weight is 611 g/mol. The zero-order chi connectivity index (χ0) is 32.0. The molecule has 3 saturated heterocycles. The summed E-state index contributed by atoms with van der Waals surface area (Å²) in [5.41, 5.74) is 5.85. The number of rotatable bonds is 12. The van der Waals surface area contributed by atoms with Gasteiger partial charge in [-0.25, -0.2) is 4.79 Å². The molecule has 43 heavy (non-hydrogen) atoms. The van der Waals surface area contributed by atoms with Crippen LogP contribution in [0.1, 0.15) is 65.2 Å². The van der Waals surface area contributed by atoms with Crippen LogP contribution in [-0.2, 0) is 33.6 Å². The Hall–Kier alpha value is -3.79. The van der Waals surface area contributed by atoms with E-state index in [1.165, 1.54) is 28.5 Å². The first-order valence-corrected chi connectivity index (χ1v) is 14.6. The monoisotopic (exact) mass is 610 g/mol. The van der Waals surface area contributed by atoms with Crippen molar-refractivity contribution >= 4 is 41.5 Å². The predicted octanol–water partition coefficient (Wildman–Crippen LogP) is -2.39. The smallest absolute Gasteiger partial charge is 0.326 e. The van der Waals surface area contributed by atoms with Crippen LogP contribution in [0.4, 0.5) is 0 Å². The van der Waals surface area contributed by atoms with Gasteiger partial charge in [-0.2, -0.15) is 0 Å². The number of carbonyl (C=O) groups is 7. The number of aliphatic hydroxyl groups excluding tert-OH is 1. The maximum absolute atomic E-state index is 13.3. The van der Waals surface area contributed by atoms with Gasteiger partial charge in [-0.05, 0) is 58.8 Å². The molecule has 0 bridgehead atoms. The number of nitrogens with two attached hydrogens (primary N) is 1. The van der Waals surface area contributed by atoms with Crippen molar-refractivity contribution in [2.45, 2.75) is 108 Å². The van der Waals surface area contributed by atoms with Crippen LogP contribution in [0.3, 0.4) is 0 Å². The molecule has 3 fully saturated rings. The van der Waals surface area contributed by atoms with E-state index in [0.717, 1.165) is 0 Å². The third kappa shape index (κ3) is 7.98. The van der Waals surface area contributed by atoms with E-state index in [2.05, 4.69) is 10.6 Å². The molecule has 7 unspecified atom stereocenters. The summed E-state index contributed by atoms with van der Waals surface area (Å²) in [5.74, 6) is -5.36. The second-order valence-electron chi connectivity index (χ2n) is 11.4. The molecule has 16 nitrogen and oxygen atoms in total. The van der Waals surface area contributed by atoms with E-state index in [0.29, 0.717) is 32.1 Å². The van der Waals surface area contributed by atoms with Crippen molar-refractivity contribution < 1.29 is 48.9 Å². The fourth-order valence-electron chi connectivity index (χ4n) is 5.95. The fourth-order valence-corrected chi connectivity index (χ4v) is 5.95. The molecule has 7 N–H and O–H groups in total. The van der Waals surface area contributed by atoms with Crippen LogP contribution in [0.5, 0.6) is 0 Å². The molecule has 0 aromatic rings. The van der Waals surface area contributed by atoms with Gasteiger partial charge in [-0.1, -0.05) is 0 Å². The molecule has 3 rings (SSSR count). The van der Waals surface area contributed by atoms with Gasteiger partial charge in [0.15, 0.2) is 0 Å². The summed E-state index contributed by atoms with van der Waals surface area (Å²) in [4.78, 5) is 91.8. The number of hydrogen-bond donors (Lipinski definition) is 6. The lowest BCUT2D eigenvalue weighted by molar-refractivity contribution is -0.152. The van der Waals surface area contributed by atoms with Gasteiger partial charge in [-0.15, -0.1) is 0 Å². The van der Waals surface area contributed by atoms with Crippen molar-refractivity contribution in [3.63, 3.8) is 0 Å². The molecule has 0 saturated carbocycles. The van der Waals surface area contributed by atoms with Gasteiger partial charge in [0.1, 0.15) is 30.2 Å². The molecule has 240 valence electrons. The fraction of sp³-hybridized carbons (Fsp3) is 0.741. The Bertz CT molecular complexity index is 1120. The standard InChI is InChI=1S/C27H42N6O10/c1-14(24(39)32-12-4-7-18(32)26(41)33-13-5-8-19(33)27(42)43)29-23(38)21(15(2)34)30-22(37)17-6-3-11-31(17)25(40)16(28)9-10-20(35)36/h14-19,21,34H,3-13,28H2,1-2H3,(H,29,38)(H,30,37)(H,35,36)(H,42,43). The van der Waals surface area contributed by atoms with Gasteiger partial charge in [0, 0.05) is 26.1 Å². The second-order valence-corrected chi connectivity index (χ2v) is 11.4. The van der Waals surface area contributed by atoms with Crippen molar-refractivity contribution in [3.8, 4) is 0 Å². The molecule has 0 aromatic carbocycles. The number of amides is 5.